The molecule has 0 saturated heterocycles. The van der Waals surface area contributed by atoms with Crippen LogP contribution in [0.2, 0.25) is 0 Å². The molecule has 1 aliphatic rings. The van der Waals surface area contributed by atoms with E-state index in [0.29, 0.717) is 11.6 Å². The molecule has 88 valence electrons. The van der Waals surface area contributed by atoms with Gasteiger partial charge in [-0.25, -0.2) is 0 Å². The van der Waals surface area contributed by atoms with Crippen LogP contribution in [0.5, 0.6) is 0 Å². The van der Waals surface area contributed by atoms with E-state index in [4.69, 9.17) is 0 Å². The van der Waals surface area contributed by atoms with Gasteiger partial charge in [-0.05, 0) is 42.6 Å². The Hall–Kier alpha value is -1.49. The molecule has 0 spiro atoms. The second-order valence-electron chi connectivity index (χ2n) is 4.41. The molecule has 1 aliphatic carbocycles. The third-order valence-corrected chi connectivity index (χ3v) is 3.90. The van der Waals surface area contributed by atoms with Crippen LogP contribution in [0.25, 0.3) is 10.2 Å². The molecule has 0 aliphatic heterocycles. The third kappa shape index (κ3) is 2.15. The Bertz CT molecular complexity index is 545. The molecular weight excluding hydrogens is 234 g/mol. The average molecular weight is 247 g/mol. The molecule has 5 heteroatoms. The molecule has 0 bridgehead atoms. The number of carbonyl (C=O) groups is 1. The summed E-state index contributed by atoms with van der Waals surface area (Å²) in [4.78, 5) is 12.0. The minimum atomic E-state index is 0.00630. The van der Waals surface area contributed by atoms with E-state index in [2.05, 4.69) is 14.9 Å². The first kappa shape index (κ1) is 10.7. The zero-order valence-corrected chi connectivity index (χ0v) is 10.2. The van der Waals surface area contributed by atoms with Crippen LogP contribution in [0, 0.1) is 0 Å². The number of carbonyl (C=O) groups excluding carboxylic acids is 1. The third-order valence-electron chi connectivity index (χ3n) is 3.20. The Morgan fingerprint density at radius 3 is 3.00 bits per heavy atom. The first-order valence-corrected chi connectivity index (χ1v) is 6.63. The molecule has 4 nitrogen and oxygen atoms in total. The zero-order valence-electron chi connectivity index (χ0n) is 9.35. The first-order valence-electron chi connectivity index (χ1n) is 5.86. The molecule has 2 aromatic rings. The van der Waals surface area contributed by atoms with Crippen molar-refractivity contribution in [2.75, 3.05) is 0 Å². The van der Waals surface area contributed by atoms with Gasteiger partial charge in [0.05, 0.1) is 4.70 Å². The molecule has 0 atom stereocenters. The Kier molecular flexibility index (Phi) is 2.76. The van der Waals surface area contributed by atoms with Crippen molar-refractivity contribution in [3.05, 3.63) is 23.8 Å². The highest BCUT2D eigenvalue weighted by Gasteiger charge is 2.18. The molecule has 3 rings (SSSR count). The molecular formula is C12H13N3OS. The summed E-state index contributed by atoms with van der Waals surface area (Å²) in [5.41, 5.74) is 1.48. The van der Waals surface area contributed by atoms with Crippen LogP contribution < -0.4 is 5.32 Å². The van der Waals surface area contributed by atoms with E-state index in [1.165, 1.54) is 24.4 Å². The van der Waals surface area contributed by atoms with E-state index < -0.39 is 0 Å². The van der Waals surface area contributed by atoms with Crippen molar-refractivity contribution in [1.29, 1.82) is 0 Å². The number of hydrogen-bond acceptors (Lipinski definition) is 4. The lowest BCUT2D eigenvalue weighted by atomic mass is 10.1. The molecule has 1 N–H and O–H groups in total. The standard InChI is InChI=1S/C12H13N3OS/c16-12(13-9-3-1-2-4-9)8-5-6-11-10(7-8)14-15-17-11/h5-7,9H,1-4H2,(H,13,16). The summed E-state index contributed by atoms with van der Waals surface area (Å²) >= 11 is 1.35. The van der Waals surface area contributed by atoms with Gasteiger partial charge in [0.15, 0.2) is 0 Å². The molecule has 1 aromatic heterocycles. The lowest BCUT2D eigenvalue weighted by Crippen LogP contribution is -2.32. The summed E-state index contributed by atoms with van der Waals surface area (Å²) in [5.74, 6) is 0.00630. The van der Waals surface area contributed by atoms with Gasteiger partial charge >= 0.3 is 0 Å². The number of nitrogens with zero attached hydrogens (tertiary/aromatic N) is 2. The minimum Gasteiger partial charge on any atom is -0.349 e. The first-order chi connectivity index (χ1) is 8.33. The van der Waals surface area contributed by atoms with Gasteiger partial charge in [-0.1, -0.05) is 17.3 Å². The Morgan fingerprint density at radius 1 is 1.35 bits per heavy atom. The summed E-state index contributed by atoms with van der Waals surface area (Å²) in [5, 5.41) is 7.05. The molecule has 0 radical (unpaired) electrons. The van der Waals surface area contributed by atoms with Crippen LogP contribution in [0.3, 0.4) is 0 Å². The normalized spacial score (nSPS) is 16.5. The fourth-order valence-electron chi connectivity index (χ4n) is 2.26. The average Bonchev–Trinajstić information content (AvgIpc) is 2.97. The fraction of sp³-hybridized carbons (Fsp3) is 0.417. The van der Waals surface area contributed by atoms with Crippen molar-refractivity contribution in [3.8, 4) is 0 Å². The topological polar surface area (TPSA) is 54.9 Å². The number of hydrogen-bond donors (Lipinski definition) is 1. The Balaban J connectivity index is 1.79. The van der Waals surface area contributed by atoms with Gasteiger partial charge in [-0.2, -0.15) is 0 Å². The molecule has 1 heterocycles. The second kappa shape index (κ2) is 4.41. The number of aromatic nitrogens is 2. The summed E-state index contributed by atoms with van der Waals surface area (Å²) in [6.45, 7) is 0. The van der Waals surface area contributed by atoms with Crippen molar-refractivity contribution < 1.29 is 4.79 Å². The second-order valence-corrected chi connectivity index (χ2v) is 5.20. The van der Waals surface area contributed by atoms with Gasteiger partial charge in [0.1, 0.15) is 5.52 Å². The molecule has 1 saturated carbocycles. The zero-order chi connectivity index (χ0) is 11.7. The smallest absolute Gasteiger partial charge is 0.251 e. The van der Waals surface area contributed by atoms with Crippen LogP contribution in [-0.4, -0.2) is 21.5 Å². The number of benzene rings is 1. The highest BCUT2D eigenvalue weighted by Crippen LogP contribution is 2.20. The van der Waals surface area contributed by atoms with Crippen LogP contribution in [-0.2, 0) is 0 Å². The predicted octanol–water partition coefficient (Wildman–Crippen LogP) is 2.36. The molecule has 1 fully saturated rings. The number of rotatable bonds is 2. The number of fused-ring (bicyclic) bond motifs is 1. The van der Waals surface area contributed by atoms with Crippen LogP contribution >= 0.6 is 11.5 Å². The highest BCUT2D eigenvalue weighted by molar-refractivity contribution is 7.12. The van der Waals surface area contributed by atoms with Crippen LogP contribution in [0.1, 0.15) is 36.0 Å². The van der Waals surface area contributed by atoms with Gasteiger partial charge in [-0.3, -0.25) is 4.79 Å². The Labute approximate surface area is 103 Å². The maximum atomic E-state index is 12.0. The van der Waals surface area contributed by atoms with Crippen molar-refractivity contribution >= 4 is 27.7 Å². The van der Waals surface area contributed by atoms with E-state index in [-0.39, 0.29) is 5.91 Å². The van der Waals surface area contributed by atoms with Crippen LogP contribution in [0.15, 0.2) is 18.2 Å². The van der Waals surface area contributed by atoms with E-state index in [0.717, 1.165) is 23.1 Å². The highest BCUT2D eigenvalue weighted by atomic mass is 32.1. The lowest BCUT2D eigenvalue weighted by molar-refractivity contribution is 0.0938. The van der Waals surface area contributed by atoms with Gasteiger partial charge < -0.3 is 5.32 Å². The van der Waals surface area contributed by atoms with E-state index >= 15 is 0 Å². The quantitative estimate of drug-likeness (QED) is 0.886. The molecule has 17 heavy (non-hydrogen) atoms. The van der Waals surface area contributed by atoms with Crippen molar-refractivity contribution in [2.24, 2.45) is 0 Å². The van der Waals surface area contributed by atoms with Gasteiger partial charge in [0, 0.05) is 11.6 Å². The van der Waals surface area contributed by atoms with E-state index in [1.807, 2.05) is 18.2 Å². The van der Waals surface area contributed by atoms with Gasteiger partial charge in [0.25, 0.3) is 5.91 Å². The number of amides is 1. The summed E-state index contributed by atoms with van der Waals surface area (Å²) in [6.07, 6.45) is 4.65. The predicted molar refractivity (Wildman–Crippen MR) is 67.1 cm³/mol. The lowest BCUT2D eigenvalue weighted by Gasteiger charge is -2.11. The van der Waals surface area contributed by atoms with Crippen molar-refractivity contribution in [3.63, 3.8) is 0 Å². The summed E-state index contributed by atoms with van der Waals surface area (Å²) < 4.78 is 4.88. The Morgan fingerprint density at radius 2 is 2.18 bits per heavy atom. The SMILES string of the molecule is O=C(NC1CCCC1)c1ccc2snnc2c1. The maximum absolute atomic E-state index is 12.0. The monoisotopic (exact) mass is 247 g/mol. The van der Waals surface area contributed by atoms with Gasteiger partial charge in [0.2, 0.25) is 0 Å². The summed E-state index contributed by atoms with van der Waals surface area (Å²) in [7, 11) is 0. The number of nitrogens with one attached hydrogen (secondary N) is 1. The largest absolute Gasteiger partial charge is 0.349 e. The van der Waals surface area contributed by atoms with Crippen LogP contribution in [0.4, 0.5) is 0 Å². The minimum absolute atomic E-state index is 0.00630. The van der Waals surface area contributed by atoms with Gasteiger partial charge in [-0.15, -0.1) is 5.10 Å². The summed E-state index contributed by atoms with van der Waals surface area (Å²) in [6, 6.07) is 5.91. The molecule has 1 aromatic carbocycles. The van der Waals surface area contributed by atoms with Crippen molar-refractivity contribution in [1.82, 2.24) is 14.9 Å². The maximum Gasteiger partial charge on any atom is 0.251 e. The van der Waals surface area contributed by atoms with Crippen molar-refractivity contribution in [2.45, 2.75) is 31.7 Å². The van der Waals surface area contributed by atoms with E-state index in [9.17, 15) is 4.79 Å². The molecule has 0 unspecified atom stereocenters. The molecule has 1 amide bonds. The van der Waals surface area contributed by atoms with E-state index in [1.54, 1.807) is 0 Å². The fourth-order valence-corrected chi connectivity index (χ4v) is 2.80.